The van der Waals surface area contributed by atoms with E-state index in [0.29, 0.717) is 0 Å². The van der Waals surface area contributed by atoms with E-state index < -0.39 is 0 Å². The van der Waals surface area contributed by atoms with Crippen LogP contribution in [0.15, 0.2) is 24.8 Å². The topological polar surface area (TPSA) is 18.5 Å². The summed E-state index contributed by atoms with van der Waals surface area (Å²) in [5.41, 5.74) is 0. The summed E-state index contributed by atoms with van der Waals surface area (Å²) in [4.78, 5) is 10.5. The largest absolute Gasteiger partial charge is 0.229 e. The van der Waals surface area contributed by atoms with Crippen molar-refractivity contribution in [3.05, 3.63) is 24.8 Å². The van der Waals surface area contributed by atoms with Crippen molar-refractivity contribution in [2.45, 2.75) is 51.2 Å². The molecule has 0 amide bonds. The summed E-state index contributed by atoms with van der Waals surface area (Å²) in [6.07, 6.45) is 11.8. The Kier molecular flexibility index (Phi) is 5.57. The number of unbranched alkanes of at least 4 members (excludes halogenated alkanes) is 2. The minimum atomic E-state index is 0.0647. The molecule has 0 aliphatic carbocycles. The van der Waals surface area contributed by atoms with Crippen LogP contribution < -0.4 is 0 Å². The molecule has 2 nitrogen and oxygen atoms in total. The van der Waals surface area contributed by atoms with Gasteiger partial charge in [0.05, 0.1) is 0 Å². The predicted molar refractivity (Wildman–Crippen MR) is 57.8 cm³/mol. The van der Waals surface area contributed by atoms with Gasteiger partial charge in [-0.25, -0.2) is 9.78 Å². The summed E-state index contributed by atoms with van der Waals surface area (Å²) in [5, 5.41) is 0. The maximum Gasteiger partial charge on any atom is 0.115 e. The summed E-state index contributed by atoms with van der Waals surface area (Å²) in [7, 11) is 0. The van der Waals surface area contributed by atoms with Crippen molar-refractivity contribution in [2.75, 3.05) is 0 Å². The Balaban J connectivity index is 2.18. The maximum atomic E-state index is 5.26. The van der Waals surface area contributed by atoms with Crippen molar-refractivity contribution in [2.24, 2.45) is 0 Å². The van der Waals surface area contributed by atoms with Crippen LogP contribution in [0.5, 0.6) is 0 Å². The van der Waals surface area contributed by atoms with Gasteiger partial charge in [-0.15, -0.1) is 6.58 Å². The molecule has 1 aliphatic rings. The van der Waals surface area contributed by atoms with Gasteiger partial charge >= 0.3 is 0 Å². The Morgan fingerprint density at radius 2 is 1.93 bits per heavy atom. The van der Waals surface area contributed by atoms with Crippen molar-refractivity contribution >= 4 is 0 Å². The van der Waals surface area contributed by atoms with Crippen LogP contribution in [0.2, 0.25) is 0 Å². The van der Waals surface area contributed by atoms with Crippen LogP contribution >= 0.6 is 0 Å². The fourth-order valence-corrected chi connectivity index (χ4v) is 1.48. The molecule has 0 spiro atoms. The molecule has 2 atom stereocenters. The minimum Gasteiger partial charge on any atom is -0.229 e. The highest BCUT2D eigenvalue weighted by atomic mass is 17.2. The van der Waals surface area contributed by atoms with Gasteiger partial charge in [-0.1, -0.05) is 44.4 Å². The van der Waals surface area contributed by atoms with Gasteiger partial charge in [0.1, 0.15) is 12.2 Å². The van der Waals surface area contributed by atoms with E-state index in [1.807, 2.05) is 6.08 Å². The third-order valence-corrected chi connectivity index (χ3v) is 2.33. The Morgan fingerprint density at radius 1 is 1.21 bits per heavy atom. The van der Waals surface area contributed by atoms with Gasteiger partial charge in [-0.2, -0.15) is 0 Å². The smallest absolute Gasteiger partial charge is 0.115 e. The first kappa shape index (κ1) is 11.5. The molecule has 0 aromatic carbocycles. The Labute approximate surface area is 86.5 Å². The van der Waals surface area contributed by atoms with Gasteiger partial charge < -0.3 is 0 Å². The lowest BCUT2D eigenvalue weighted by atomic mass is 10.1. The highest BCUT2D eigenvalue weighted by Gasteiger charge is 2.15. The lowest BCUT2D eigenvalue weighted by molar-refractivity contribution is -0.339. The third-order valence-electron chi connectivity index (χ3n) is 2.33. The molecule has 0 saturated heterocycles. The van der Waals surface area contributed by atoms with Crippen LogP contribution in [0.1, 0.15) is 39.0 Å². The standard InChI is InChI=1S/C12H20O2/c1-3-5-6-8-12-10-9-11(7-4-2)13-14-12/h4,9-12H,2-3,5-8H2,1H3. The normalized spacial score (nSPS) is 26.4. The van der Waals surface area contributed by atoms with Gasteiger partial charge in [-0.3, -0.25) is 0 Å². The van der Waals surface area contributed by atoms with Crippen LogP contribution in [-0.4, -0.2) is 12.2 Å². The molecule has 0 fully saturated rings. The second-order valence-corrected chi connectivity index (χ2v) is 3.67. The van der Waals surface area contributed by atoms with Crippen LogP contribution in [-0.2, 0) is 9.78 Å². The van der Waals surface area contributed by atoms with E-state index in [-0.39, 0.29) is 12.2 Å². The predicted octanol–water partition coefficient (Wildman–Crippen LogP) is 3.40. The zero-order chi connectivity index (χ0) is 10.2. The summed E-state index contributed by atoms with van der Waals surface area (Å²) in [5.74, 6) is 0. The van der Waals surface area contributed by atoms with Crippen molar-refractivity contribution in [1.29, 1.82) is 0 Å². The van der Waals surface area contributed by atoms with Gasteiger partial charge in [0.15, 0.2) is 0 Å². The highest BCUT2D eigenvalue weighted by molar-refractivity contribution is 4.98. The SMILES string of the molecule is C=CCC1C=CC(CCCCC)OO1. The lowest BCUT2D eigenvalue weighted by Crippen LogP contribution is -2.22. The molecule has 0 aromatic rings. The number of hydrogen-bond acceptors (Lipinski definition) is 2. The Morgan fingerprint density at radius 3 is 2.50 bits per heavy atom. The van der Waals surface area contributed by atoms with Crippen LogP contribution in [0.25, 0.3) is 0 Å². The summed E-state index contributed by atoms with van der Waals surface area (Å²) in [6.45, 7) is 5.87. The van der Waals surface area contributed by atoms with E-state index in [1.165, 1.54) is 19.3 Å². The van der Waals surface area contributed by atoms with E-state index in [4.69, 9.17) is 9.78 Å². The zero-order valence-electron chi connectivity index (χ0n) is 8.95. The average Bonchev–Trinajstić information content (AvgIpc) is 2.21. The fourth-order valence-electron chi connectivity index (χ4n) is 1.48. The van der Waals surface area contributed by atoms with Crippen molar-refractivity contribution < 1.29 is 9.78 Å². The van der Waals surface area contributed by atoms with E-state index in [1.54, 1.807) is 0 Å². The molecule has 1 rings (SSSR count). The monoisotopic (exact) mass is 196 g/mol. The van der Waals surface area contributed by atoms with Crippen LogP contribution in [0.4, 0.5) is 0 Å². The third kappa shape index (κ3) is 4.07. The van der Waals surface area contributed by atoms with Crippen LogP contribution in [0, 0.1) is 0 Å². The quantitative estimate of drug-likeness (QED) is 0.368. The second-order valence-electron chi connectivity index (χ2n) is 3.67. The van der Waals surface area contributed by atoms with Gasteiger partial charge in [0.25, 0.3) is 0 Å². The maximum absolute atomic E-state index is 5.26. The van der Waals surface area contributed by atoms with E-state index in [0.717, 1.165) is 12.8 Å². The zero-order valence-corrected chi connectivity index (χ0v) is 8.95. The Hall–Kier alpha value is -0.600. The fraction of sp³-hybridized carbons (Fsp3) is 0.667. The Bertz CT molecular complexity index is 187. The molecule has 0 N–H and O–H groups in total. The molecule has 2 unspecified atom stereocenters. The number of hydrogen-bond donors (Lipinski definition) is 0. The molecule has 0 bridgehead atoms. The van der Waals surface area contributed by atoms with E-state index >= 15 is 0 Å². The average molecular weight is 196 g/mol. The van der Waals surface area contributed by atoms with E-state index in [2.05, 4.69) is 25.7 Å². The molecule has 0 radical (unpaired) electrons. The van der Waals surface area contributed by atoms with Gasteiger partial charge in [-0.05, 0) is 12.8 Å². The lowest BCUT2D eigenvalue weighted by Gasteiger charge is -2.21. The molecule has 1 heterocycles. The molecule has 1 aliphatic heterocycles. The number of rotatable bonds is 6. The minimum absolute atomic E-state index is 0.0647. The second kappa shape index (κ2) is 6.80. The molecular formula is C12H20O2. The van der Waals surface area contributed by atoms with Gasteiger partial charge in [0.2, 0.25) is 0 Å². The first-order valence-electron chi connectivity index (χ1n) is 5.48. The van der Waals surface area contributed by atoms with Crippen molar-refractivity contribution in [3.63, 3.8) is 0 Å². The molecule has 14 heavy (non-hydrogen) atoms. The summed E-state index contributed by atoms with van der Waals surface area (Å²) in [6, 6.07) is 0. The van der Waals surface area contributed by atoms with E-state index in [9.17, 15) is 0 Å². The molecular weight excluding hydrogens is 176 g/mol. The summed E-state index contributed by atoms with van der Waals surface area (Å²) < 4.78 is 0. The molecule has 0 saturated carbocycles. The molecule has 80 valence electrons. The molecule has 0 aromatic heterocycles. The first-order valence-corrected chi connectivity index (χ1v) is 5.48. The molecule has 2 heteroatoms. The highest BCUT2D eigenvalue weighted by Crippen LogP contribution is 2.16. The van der Waals surface area contributed by atoms with Gasteiger partial charge in [0, 0.05) is 0 Å². The van der Waals surface area contributed by atoms with Crippen molar-refractivity contribution in [1.82, 2.24) is 0 Å². The summed E-state index contributed by atoms with van der Waals surface area (Å²) >= 11 is 0. The van der Waals surface area contributed by atoms with Crippen LogP contribution in [0.3, 0.4) is 0 Å². The van der Waals surface area contributed by atoms with Crippen molar-refractivity contribution in [3.8, 4) is 0 Å². The first-order chi connectivity index (χ1) is 6.86.